The summed E-state index contributed by atoms with van der Waals surface area (Å²) in [5.41, 5.74) is 0. The number of rotatable bonds is 21. The van der Waals surface area contributed by atoms with Crippen LogP contribution >= 0.6 is 0 Å². The van der Waals surface area contributed by atoms with Crippen molar-refractivity contribution >= 4 is 0 Å². The lowest BCUT2D eigenvalue weighted by Crippen LogP contribution is -1.97. The summed E-state index contributed by atoms with van der Waals surface area (Å²) in [6, 6.07) is 0. The van der Waals surface area contributed by atoms with Crippen molar-refractivity contribution in [3.8, 4) is 0 Å². The van der Waals surface area contributed by atoms with Crippen LogP contribution in [0.1, 0.15) is 129 Å². The Bertz CT molecular complexity index is 200. The van der Waals surface area contributed by atoms with E-state index in [4.69, 9.17) is 14.9 Å². The smallest absolute Gasteiger partial charge is 0.0662 e. The number of aliphatic hydroxyl groups excluding tert-OH is 2. The van der Waals surface area contributed by atoms with Gasteiger partial charge in [0.25, 0.3) is 0 Å². The zero-order valence-electron chi connectivity index (χ0n) is 18.9. The fourth-order valence-corrected chi connectivity index (χ4v) is 3.13. The van der Waals surface area contributed by atoms with E-state index in [1.807, 2.05) is 0 Å². The number of aliphatic hydroxyl groups is 2. The molecule has 0 bridgehead atoms. The minimum Gasteiger partial charge on any atom is -0.394 e. The van der Waals surface area contributed by atoms with Gasteiger partial charge in [0, 0.05) is 13.2 Å². The molecule has 0 aliphatic carbocycles. The van der Waals surface area contributed by atoms with Crippen LogP contribution in [0.2, 0.25) is 0 Å². The van der Waals surface area contributed by atoms with E-state index in [1.54, 1.807) is 0 Å². The van der Waals surface area contributed by atoms with Gasteiger partial charge in [0.2, 0.25) is 0 Å². The summed E-state index contributed by atoms with van der Waals surface area (Å²) in [4.78, 5) is 0. The number of hydrogen-bond donors (Lipinski definition) is 2. The molecule has 166 valence electrons. The molecule has 0 aromatic rings. The number of ether oxygens (including phenoxy) is 1. The van der Waals surface area contributed by atoms with E-state index < -0.39 is 0 Å². The molecule has 0 aliphatic heterocycles. The molecule has 3 heteroatoms. The Labute approximate surface area is 171 Å². The molecule has 2 N–H and O–H groups in total. The van der Waals surface area contributed by atoms with Crippen molar-refractivity contribution in [1.29, 1.82) is 0 Å². The topological polar surface area (TPSA) is 49.7 Å². The molecule has 0 heterocycles. The van der Waals surface area contributed by atoms with Gasteiger partial charge in [-0.3, -0.25) is 0 Å². The van der Waals surface area contributed by atoms with Gasteiger partial charge in [-0.15, -0.1) is 0 Å². The first-order chi connectivity index (χ1) is 13.3. The van der Waals surface area contributed by atoms with E-state index in [0.29, 0.717) is 0 Å². The highest BCUT2D eigenvalue weighted by molar-refractivity contribution is 4.48. The minimum atomic E-state index is -0.125. The molecule has 0 aliphatic rings. The standard InChI is InChI=1S/C22H46O.C2H6O2/c1-3-5-7-9-11-13-14-16-18-20-22-23-21-19-17-15-12-10-8-6-4-2;3-1-2-4/h3-22H2,1-2H3;3-4H,1-2H2. The van der Waals surface area contributed by atoms with Crippen LogP contribution in [0.3, 0.4) is 0 Å². The summed E-state index contributed by atoms with van der Waals surface area (Å²) in [7, 11) is 0. The van der Waals surface area contributed by atoms with E-state index >= 15 is 0 Å². The van der Waals surface area contributed by atoms with Crippen molar-refractivity contribution in [2.45, 2.75) is 129 Å². The highest BCUT2D eigenvalue weighted by Gasteiger charge is 1.94. The molecule has 3 nitrogen and oxygen atoms in total. The Morgan fingerprint density at radius 3 is 0.926 bits per heavy atom. The summed E-state index contributed by atoms with van der Waals surface area (Å²) in [6.45, 7) is 6.31. The van der Waals surface area contributed by atoms with Gasteiger partial charge in [0.15, 0.2) is 0 Å². The number of hydrogen-bond acceptors (Lipinski definition) is 3. The Hall–Kier alpha value is -0.120. The number of unbranched alkanes of at least 4 members (excludes halogenated alkanes) is 16. The second-order valence-electron chi connectivity index (χ2n) is 7.72. The molecular formula is C24H52O3. The van der Waals surface area contributed by atoms with E-state index in [1.165, 1.54) is 116 Å². The Morgan fingerprint density at radius 1 is 0.407 bits per heavy atom. The molecule has 0 spiro atoms. The molecule has 0 saturated carbocycles. The van der Waals surface area contributed by atoms with Crippen LogP contribution in [0, 0.1) is 0 Å². The van der Waals surface area contributed by atoms with Crippen molar-refractivity contribution in [2.24, 2.45) is 0 Å². The summed E-state index contributed by atoms with van der Waals surface area (Å²) in [6.07, 6.45) is 25.2. The van der Waals surface area contributed by atoms with E-state index in [2.05, 4.69) is 13.8 Å². The maximum absolute atomic E-state index is 7.62. The quantitative estimate of drug-likeness (QED) is 0.207. The van der Waals surface area contributed by atoms with Crippen molar-refractivity contribution in [1.82, 2.24) is 0 Å². The monoisotopic (exact) mass is 388 g/mol. The molecule has 0 amide bonds. The fourth-order valence-electron chi connectivity index (χ4n) is 3.13. The van der Waals surface area contributed by atoms with Gasteiger partial charge in [-0.25, -0.2) is 0 Å². The van der Waals surface area contributed by atoms with Crippen LogP contribution in [0.25, 0.3) is 0 Å². The highest BCUT2D eigenvalue weighted by Crippen LogP contribution is 2.11. The van der Waals surface area contributed by atoms with E-state index in [9.17, 15) is 0 Å². The predicted molar refractivity (Wildman–Crippen MR) is 119 cm³/mol. The normalized spacial score (nSPS) is 10.7. The van der Waals surface area contributed by atoms with E-state index in [-0.39, 0.29) is 13.2 Å². The van der Waals surface area contributed by atoms with Crippen LogP contribution < -0.4 is 0 Å². The first-order valence-electron chi connectivity index (χ1n) is 12.1. The highest BCUT2D eigenvalue weighted by atomic mass is 16.5. The zero-order valence-corrected chi connectivity index (χ0v) is 18.9. The third-order valence-electron chi connectivity index (χ3n) is 4.88. The molecule has 0 aromatic carbocycles. The minimum absolute atomic E-state index is 0.125. The lowest BCUT2D eigenvalue weighted by Gasteiger charge is -2.05. The van der Waals surface area contributed by atoms with Crippen LogP contribution in [0.15, 0.2) is 0 Å². The second-order valence-corrected chi connectivity index (χ2v) is 7.72. The molecule has 27 heavy (non-hydrogen) atoms. The Balaban J connectivity index is 0. The first kappa shape index (κ1) is 29.1. The van der Waals surface area contributed by atoms with Crippen LogP contribution in [0.4, 0.5) is 0 Å². The maximum atomic E-state index is 7.62. The Morgan fingerprint density at radius 2 is 0.667 bits per heavy atom. The van der Waals surface area contributed by atoms with Gasteiger partial charge in [0.1, 0.15) is 0 Å². The van der Waals surface area contributed by atoms with Crippen LogP contribution in [-0.4, -0.2) is 36.6 Å². The molecular weight excluding hydrogens is 336 g/mol. The summed E-state index contributed by atoms with van der Waals surface area (Å²) >= 11 is 0. The largest absolute Gasteiger partial charge is 0.394 e. The lowest BCUT2D eigenvalue weighted by molar-refractivity contribution is 0.125. The first-order valence-corrected chi connectivity index (χ1v) is 12.1. The van der Waals surface area contributed by atoms with Gasteiger partial charge in [-0.2, -0.15) is 0 Å². The molecule has 0 fully saturated rings. The van der Waals surface area contributed by atoms with Gasteiger partial charge < -0.3 is 14.9 Å². The lowest BCUT2D eigenvalue weighted by atomic mass is 10.1. The van der Waals surface area contributed by atoms with Gasteiger partial charge in [0.05, 0.1) is 13.2 Å². The third kappa shape index (κ3) is 33.9. The molecule has 0 saturated heterocycles. The van der Waals surface area contributed by atoms with Crippen molar-refractivity contribution < 1.29 is 14.9 Å². The average Bonchev–Trinajstić information content (AvgIpc) is 2.70. The third-order valence-corrected chi connectivity index (χ3v) is 4.88. The fraction of sp³-hybridized carbons (Fsp3) is 1.00. The molecule has 0 radical (unpaired) electrons. The maximum Gasteiger partial charge on any atom is 0.0662 e. The summed E-state index contributed by atoms with van der Waals surface area (Å²) in [5.74, 6) is 0. The molecule has 0 aromatic heterocycles. The van der Waals surface area contributed by atoms with E-state index in [0.717, 1.165) is 13.2 Å². The molecule has 0 rings (SSSR count). The van der Waals surface area contributed by atoms with Crippen molar-refractivity contribution in [3.63, 3.8) is 0 Å². The van der Waals surface area contributed by atoms with Gasteiger partial charge in [-0.1, -0.05) is 117 Å². The van der Waals surface area contributed by atoms with Gasteiger partial charge in [-0.05, 0) is 12.8 Å². The van der Waals surface area contributed by atoms with Crippen LogP contribution in [0.5, 0.6) is 0 Å². The van der Waals surface area contributed by atoms with Crippen molar-refractivity contribution in [2.75, 3.05) is 26.4 Å². The average molecular weight is 389 g/mol. The molecule has 0 unspecified atom stereocenters. The predicted octanol–water partition coefficient (Wildman–Crippen LogP) is 7.04. The SMILES string of the molecule is CCCCCCCCCCCCOCCCCCCCCCC.OCCO. The summed E-state index contributed by atoms with van der Waals surface area (Å²) < 4.78 is 5.75. The molecule has 0 atom stereocenters. The second kappa shape index (κ2) is 30.6. The van der Waals surface area contributed by atoms with Crippen molar-refractivity contribution in [3.05, 3.63) is 0 Å². The summed E-state index contributed by atoms with van der Waals surface area (Å²) in [5, 5.41) is 15.2. The van der Waals surface area contributed by atoms with Gasteiger partial charge >= 0.3 is 0 Å². The van der Waals surface area contributed by atoms with Crippen LogP contribution in [-0.2, 0) is 4.74 Å². The zero-order chi connectivity index (χ0) is 20.3. The Kier molecular flexibility index (Phi) is 33.0.